The van der Waals surface area contributed by atoms with Gasteiger partial charge in [0.05, 0.1) is 31.9 Å². The lowest BCUT2D eigenvalue weighted by atomic mass is 10.2. The predicted molar refractivity (Wildman–Crippen MR) is 91.0 cm³/mol. The van der Waals surface area contributed by atoms with Crippen LogP contribution in [0, 0.1) is 0 Å². The molecule has 23 heavy (non-hydrogen) atoms. The summed E-state index contributed by atoms with van der Waals surface area (Å²) in [5, 5.41) is 0. The minimum absolute atomic E-state index is 0.148. The van der Waals surface area contributed by atoms with Crippen molar-refractivity contribution in [2.45, 2.75) is 4.90 Å². The van der Waals surface area contributed by atoms with Gasteiger partial charge < -0.3 is 14.2 Å². The van der Waals surface area contributed by atoms with Gasteiger partial charge in [-0.25, -0.2) is 8.42 Å². The quantitative estimate of drug-likeness (QED) is 0.803. The summed E-state index contributed by atoms with van der Waals surface area (Å²) in [5.41, 5.74) is 0.308. The van der Waals surface area contributed by atoms with Crippen molar-refractivity contribution in [2.24, 2.45) is 0 Å². The van der Waals surface area contributed by atoms with E-state index in [2.05, 4.69) is 20.7 Å². The molecule has 0 aliphatic rings. The first kappa shape index (κ1) is 17.4. The largest absolute Gasteiger partial charge is 0.493 e. The lowest BCUT2D eigenvalue weighted by molar-refractivity contribution is 0.325. The van der Waals surface area contributed by atoms with Crippen LogP contribution in [-0.4, -0.2) is 29.7 Å². The number of rotatable bonds is 6. The van der Waals surface area contributed by atoms with Gasteiger partial charge in [-0.15, -0.1) is 0 Å². The number of halogens is 1. The molecule has 124 valence electrons. The van der Waals surface area contributed by atoms with Crippen LogP contribution in [0.1, 0.15) is 0 Å². The third-order valence-corrected chi connectivity index (χ3v) is 4.97. The molecule has 8 heteroatoms. The van der Waals surface area contributed by atoms with Crippen molar-refractivity contribution in [1.29, 1.82) is 0 Å². The summed E-state index contributed by atoms with van der Waals surface area (Å²) >= 11 is 3.27. The molecular weight excluding hydrogens is 386 g/mol. The predicted octanol–water partition coefficient (Wildman–Crippen LogP) is 3.28. The number of hydrogen-bond donors (Lipinski definition) is 1. The molecule has 0 saturated carbocycles. The van der Waals surface area contributed by atoms with Gasteiger partial charge in [-0.1, -0.05) is 15.9 Å². The van der Waals surface area contributed by atoms with Gasteiger partial charge in [-0.3, -0.25) is 4.72 Å². The fourth-order valence-electron chi connectivity index (χ4n) is 1.97. The number of benzene rings is 2. The van der Waals surface area contributed by atoms with E-state index in [0.29, 0.717) is 22.9 Å². The maximum Gasteiger partial charge on any atom is 0.261 e. The summed E-state index contributed by atoms with van der Waals surface area (Å²) in [4.78, 5) is 0.148. The van der Waals surface area contributed by atoms with Crippen LogP contribution in [0.2, 0.25) is 0 Å². The summed E-state index contributed by atoms with van der Waals surface area (Å²) in [6.07, 6.45) is 0. The van der Waals surface area contributed by atoms with Crippen molar-refractivity contribution in [2.75, 3.05) is 26.1 Å². The Morgan fingerprint density at radius 3 is 1.87 bits per heavy atom. The van der Waals surface area contributed by atoms with Crippen LogP contribution >= 0.6 is 15.9 Å². The monoisotopic (exact) mass is 401 g/mol. The molecule has 2 aromatic rings. The Morgan fingerprint density at radius 1 is 0.913 bits per heavy atom. The number of nitrogens with one attached hydrogen (secondary N) is 1. The lowest BCUT2D eigenvalue weighted by Crippen LogP contribution is -2.13. The van der Waals surface area contributed by atoms with E-state index in [9.17, 15) is 8.42 Å². The van der Waals surface area contributed by atoms with Gasteiger partial charge in [-0.05, 0) is 24.3 Å². The van der Waals surface area contributed by atoms with E-state index in [1.165, 1.54) is 45.6 Å². The van der Waals surface area contributed by atoms with Crippen LogP contribution in [0.25, 0.3) is 0 Å². The zero-order chi connectivity index (χ0) is 17.0. The van der Waals surface area contributed by atoms with Crippen molar-refractivity contribution < 1.29 is 22.6 Å². The van der Waals surface area contributed by atoms with Crippen LogP contribution in [0.4, 0.5) is 5.69 Å². The van der Waals surface area contributed by atoms with E-state index in [1.54, 1.807) is 12.1 Å². The molecule has 0 fully saturated rings. The average molecular weight is 402 g/mol. The molecule has 2 rings (SSSR count). The molecule has 0 radical (unpaired) electrons. The Hall–Kier alpha value is -1.93. The average Bonchev–Trinajstić information content (AvgIpc) is 2.53. The third kappa shape index (κ3) is 3.89. The van der Waals surface area contributed by atoms with Crippen molar-refractivity contribution in [3.63, 3.8) is 0 Å². The first-order valence-electron chi connectivity index (χ1n) is 6.49. The van der Waals surface area contributed by atoms with E-state index < -0.39 is 10.0 Å². The van der Waals surface area contributed by atoms with Crippen molar-refractivity contribution in [1.82, 2.24) is 0 Å². The molecule has 0 heterocycles. The molecule has 0 spiro atoms. The van der Waals surface area contributed by atoms with Gasteiger partial charge in [0.1, 0.15) is 0 Å². The Balaban J connectivity index is 2.41. The highest BCUT2D eigenvalue weighted by Gasteiger charge is 2.18. The van der Waals surface area contributed by atoms with Crippen LogP contribution in [0.3, 0.4) is 0 Å². The second-order valence-electron chi connectivity index (χ2n) is 4.47. The number of sulfonamides is 1. The summed E-state index contributed by atoms with van der Waals surface area (Å²) in [6.45, 7) is 0. The standard InChI is InChI=1S/C15H16BrNO5S/c1-20-13-8-11(9-14(21-2)15(13)22-3)17-23(18,19)12-6-4-10(16)5-7-12/h4-9,17H,1-3H3. The van der Waals surface area contributed by atoms with Crippen molar-refractivity contribution in [3.8, 4) is 17.2 Å². The smallest absolute Gasteiger partial charge is 0.261 e. The number of hydrogen-bond acceptors (Lipinski definition) is 5. The first-order valence-corrected chi connectivity index (χ1v) is 8.77. The minimum atomic E-state index is -3.72. The van der Waals surface area contributed by atoms with Crippen LogP contribution < -0.4 is 18.9 Å². The minimum Gasteiger partial charge on any atom is -0.493 e. The van der Waals surface area contributed by atoms with E-state index >= 15 is 0 Å². The Morgan fingerprint density at radius 2 is 1.43 bits per heavy atom. The zero-order valence-corrected chi connectivity index (χ0v) is 15.2. The Kier molecular flexibility index (Phi) is 5.38. The maximum absolute atomic E-state index is 12.4. The molecule has 1 N–H and O–H groups in total. The summed E-state index contributed by atoms with van der Waals surface area (Å²) < 4.78 is 43.8. The highest BCUT2D eigenvalue weighted by molar-refractivity contribution is 9.10. The zero-order valence-electron chi connectivity index (χ0n) is 12.8. The molecule has 0 atom stereocenters. The molecule has 0 unspecified atom stereocenters. The van der Waals surface area contributed by atoms with Gasteiger partial charge >= 0.3 is 0 Å². The Bertz CT molecular complexity index is 765. The van der Waals surface area contributed by atoms with Crippen molar-refractivity contribution in [3.05, 3.63) is 40.9 Å². The Labute approximate surface area is 143 Å². The molecule has 0 aliphatic heterocycles. The van der Waals surface area contributed by atoms with E-state index in [-0.39, 0.29) is 4.90 Å². The number of methoxy groups -OCH3 is 3. The van der Waals surface area contributed by atoms with E-state index in [1.807, 2.05) is 0 Å². The van der Waals surface area contributed by atoms with Gasteiger partial charge in [0.2, 0.25) is 5.75 Å². The molecule has 2 aromatic carbocycles. The normalized spacial score (nSPS) is 11.0. The second-order valence-corrected chi connectivity index (χ2v) is 7.07. The topological polar surface area (TPSA) is 73.9 Å². The fourth-order valence-corrected chi connectivity index (χ4v) is 3.27. The fraction of sp³-hybridized carbons (Fsp3) is 0.200. The van der Waals surface area contributed by atoms with Crippen LogP contribution in [0.5, 0.6) is 17.2 Å². The molecular formula is C15H16BrNO5S. The summed E-state index contributed by atoms with van der Waals surface area (Å²) in [6, 6.07) is 9.37. The maximum atomic E-state index is 12.4. The van der Waals surface area contributed by atoms with Gasteiger partial charge in [0.25, 0.3) is 10.0 Å². The SMILES string of the molecule is COc1cc(NS(=O)(=O)c2ccc(Br)cc2)cc(OC)c1OC. The number of anilines is 1. The molecule has 0 aromatic heterocycles. The first-order chi connectivity index (χ1) is 10.9. The summed E-state index contributed by atoms with van der Waals surface area (Å²) in [7, 11) is 0.681. The molecule has 0 aliphatic carbocycles. The summed E-state index contributed by atoms with van der Waals surface area (Å²) in [5.74, 6) is 1.11. The van der Waals surface area contributed by atoms with Gasteiger partial charge in [0.15, 0.2) is 11.5 Å². The van der Waals surface area contributed by atoms with E-state index in [4.69, 9.17) is 14.2 Å². The molecule has 0 saturated heterocycles. The molecule has 0 bridgehead atoms. The number of ether oxygens (including phenoxy) is 3. The highest BCUT2D eigenvalue weighted by atomic mass is 79.9. The van der Waals surface area contributed by atoms with Crippen LogP contribution in [0.15, 0.2) is 45.8 Å². The highest BCUT2D eigenvalue weighted by Crippen LogP contribution is 2.40. The molecule has 0 amide bonds. The van der Waals surface area contributed by atoms with E-state index in [0.717, 1.165) is 4.47 Å². The molecule has 6 nitrogen and oxygen atoms in total. The van der Waals surface area contributed by atoms with Crippen molar-refractivity contribution >= 4 is 31.6 Å². The van der Waals surface area contributed by atoms with Crippen LogP contribution in [-0.2, 0) is 10.0 Å². The van der Waals surface area contributed by atoms with Gasteiger partial charge in [0, 0.05) is 16.6 Å². The van der Waals surface area contributed by atoms with Gasteiger partial charge in [-0.2, -0.15) is 0 Å². The third-order valence-electron chi connectivity index (χ3n) is 3.04. The lowest BCUT2D eigenvalue weighted by Gasteiger charge is -2.15. The second kappa shape index (κ2) is 7.10.